The molecule has 0 fully saturated rings. The summed E-state index contributed by atoms with van der Waals surface area (Å²) in [5.74, 6) is 1.56. The number of rotatable bonds is 9. The van der Waals surface area contributed by atoms with Crippen molar-refractivity contribution < 1.29 is 0 Å². The molecule has 7 nitrogen and oxygen atoms in total. The number of tetrazole rings is 1. The summed E-state index contributed by atoms with van der Waals surface area (Å²) in [6.45, 7) is 7.95. The summed E-state index contributed by atoms with van der Waals surface area (Å²) >= 11 is 1.65. The van der Waals surface area contributed by atoms with Gasteiger partial charge < -0.3 is 5.32 Å². The molecule has 110 valence electrons. The fraction of sp³-hybridized carbons (Fsp3) is 0.667. The number of hydrogen-bond acceptors (Lipinski definition) is 6. The van der Waals surface area contributed by atoms with Crippen molar-refractivity contribution in [2.75, 3.05) is 18.8 Å². The molecule has 0 aliphatic rings. The van der Waals surface area contributed by atoms with Crippen LogP contribution in [0.15, 0.2) is 23.6 Å². The van der Waals surface area contributed by atoms with E-state index in [0.717, 1.165) is 37.1 Å². The Morgan fingerprint density at radius 2 is 2.25 bits per heavy atom. The number of aromatic nitrogens is 6. The third-order valence-electron chi connectivity index (χ3n) is 2.66. The van der Waals surface area contributed by atoms with Crippen LogP contribution in [-0.4, -0.2) is 48.8 Å². The first-order valence-corrected chi connectivity index (χ1v) is 7.81. The van der Waals surface area contributed by atoms with Crippen LogP contribution in [0.5, 0.6) is 0 Å². The Hall–Kier alpha value is -1.41. The molecule has 0 amide bonds. The Morgan fingerprint density at radius 1 is 1.35 bits per heavy atom. The molecule has 20 heavy (non-hydrogen) atoms. The molecule has 8 heteroatoms. The first kappa shape index (κ1) is 15.0. The SMILES string of the molecule is CC(C)CNCCn1nnnc1SCCn1cccn1. The maximum atomic E-state index is 4.17. The van der Waals surface area contributed by atoms with Crippen LogP contribution in [-0.2, 0) is 13.1 Å². The molecule has 0 radical (unpaired) electrons. The largest absolute Gasteiger partial charge is 0.315 e. The van der Waals surface area contributed by atoms with Crippen molar-refractivity contribution >= 4 is 11.8 Å². The lowest BCUT2D eigenvalue weighted by Gasteiger charge is -2.08. The van der Waals surface area contributed by atoms with E-state index in [1.807, 2.05) is 21.6 Å². The predicted molar refractivity (Wildman–Crippen MR) is 78.5 cm³/mol. The van der Waals surface area contributed by atoms with Crippen LogP contribution in [0.1, 0.15) is 13.8 Å². The molecule has 2 rings (SSSR count). The number of aryl methyl sites for hydroxylation is 1. The van der Waals surface area contributed by atoms with Crippen LogP contribution in [0, 0.1) is 5.92 Å². The average Bonchev–Trinajstić information content (AvgIpc) is 3.06. The van der Waals surface area contributed by atoms with Crippen LogP contribution >= 0.6 is 11.8 Å². The monoisotopic (exact) mass is 295 g/mol. The number of nitrogens with one attached hydrogen (secondary N) is 1. The van der Waals surface area contributed by atoms with Gasteiger partial charge in [0.1, 0.15) is 0 Å². The molecule has 0 aliphatic carbocycles. The number of nitrogens with zero attached hydrogens (tertiary/aromatic N) is 6. The van der Waals surface area contributed by atoms with Gasteiger partial charge in [0.05, 0.1) is 13.1 Å². The Balaban J connectivity index is 1.71. The molecule has 2 aromatic rings. The third kappa shape index (κ3) is 4.93. The fourth-order valence-electron chi connectivity index (χ4n) is 1.68. The van der Waals surface area contributed by atoms with Crippen LogP contribution in [0.2, 0.25) is 0 Å². The van der Waals surface area contributed by atoms with E-state index in [-0.39, 0.29) is 0 Å². The second kappa shape index (κ2) is 8.01. The zero-order chi connectivity index (χ0) is 14.2. The van der Waals surface area contributed by atoms with Gasteiger partial charge in [-0.25, -0.2) is 4.68 Å². The quantitative estimate of drug-likeness (QED) is 0.547. The Bertz CT molecular complexity index is 480. The van der Waals surface area contributed by atoms with Crippen molar-refractivity contribution in [3.05, 3.63) is 18.5 Å². The van der Waals surface area contributed by atoms with E-state index in [0.29, 0.717) is 5.92 Å². The molecule has 2 aromatic heterocycles. The molecule has 0 bridgehead atoms. The molecular weight excluding hydrogens is 274 g/mol. The highest BCUT2D eigenvalue weighted by atomic mass is 32.2. The molecule has 0 atom stereocenters. The molecule has 2 heterocycles. The van der Waals surface area contributed by atoms with E-state index >= 15 is 0 Å². The van der Waals surface area contributed by atoms with Crippen LogP contribution in [0.3, 0.4) is 0 Å². The summed E-state index contributed by atoms with van der Waals surface area (Å²) in [6.07, 6.45) is 3.74. The lowest BCUT2D eigenvalue weighted by molar-refractivity contribution is 0.482. The zero-order valence-electron chi connectivity index (χ0n) is 11.9. The van der Waals surface area contributed by atoms with Gasteiger partial charge in [0.2, 0.25) is 5.16 Å². The van der Waals surface area contributed by atoms with Crippen molar-refractivity contribution in [1.82, 2.24) is 35.3 Å². The Morgan fingerprint density at radius 3 is 3.00 bits per heavy atom. The molecule has 1 N–H and O–H groups in total. The smallest absolute Gasteiger partial charge is 0.209 e. The van der Waals surface area contributed by atoms with E-state index in [1.165, 1.54) is 0 Å². The maximum absolute atomic E-state index is 4.17. The Kier molecular flexibility index (Phi) is 6.00. The first-order valence-electron chi connectivity index (χ1n) is 6.83. The highest BCUT2D eigenvalue weighted by molar-refractivity contribution is 7.99. The molecular formula is C12H21N7S. The highest BCUT2D eigenvalue weighted by Crippen LogP contribution is 2.13. The minimum Gasteiger partial charge on any atom is -0.315 e. The van der Waals surface area contributed by atoms with Gasteiger partial charge in [-0.1, -0.05) is 25.6 Å². The van der Waals surface area contributed by atoms with Crippen molar-refractivity contribution in [3.63, 3.8) is 0 Å². The zero-order valence-corrected chi connectivity index (χ0v) is 12.8. The van der Waals surface area contributed by atoms with Crippen molar-refractivity contribution in [3.8, 4) is 0 Å². The second-order valence-corrected chi connectivity index (χ2v) is 5.96. The normalized spacial score (nSPS) is 11.3. The molecule has 0 unspecified atom stereocenters. The van der Waals surface area contributed by atoms with E-state index in [4.69, 9.17) is 0 Å². The molecule has 0 aromatic carbocycles. The summed E-state index contributed by atoms with van der Waals surface area (Å²) in [5.41, 5.74) is 0. The lowest BCUT2D eigenvalue weighted by atomic mass is 10.2. The van der Waals surface area contributed by atoms with E-state index in [9.17, 15) is 0 Å². The van der Waals surface area contributed by atoms with Gasteiger partial charge in [-0.2, -0.15) is 5.10 Å². The lowest BCUT2D eigenvalue weighted by Crippen LogP contribution is -2.24. The molecule has 0 saturated heterocycles. The molecule has 0 saturated carbocycles. The average molecular weight is 295 g/mol. The summed E-state index contributed by atoms with van der Waals surface area (Å²) in [6, 6.07) is 1.93. The summed E-state index contributed by atoms with van der Waals surface area (Å²) in [4.78, 5) is 0. The van der Waals surface area contributed by atoms with Gasteiger partial charge in [0, 0.05) is 24.7 Å². The number of thioether (sulfide) groups is 1. The van der Waals surface area contributed by atoms with E-state index in [2.05, 4.69) is 39.8 Å². The van der Waals surface area contributed by atoms with Gasteiger partial charge in [-0.05, 0) is 29.0 Å². The van der Waals surface area contributed by atoms with Crippen LogP contribution < -0.4 is 5.32 Å². The van der Waals surface area contributed by atoms with Gasteiger partial charge >= 0.3 is 0 Å². The third-order valence-corrected chi connectivity index (χ3v) is 3.60. The fourth-order valence-corrected chi connectivity index (χ4v) is 2.51. The van der Waals surface area contributed by atoms with Crippen LogP contribution in [0.25, 0.3) is 0 Å². The molecule has 0 aliphatic heterocycles. The first-order chi connectivity index (χ1) is 9.75. The van der Waals surface area contributed by atoms with E-state index < -0.39 is 0 Å². The van der Waals surface area contributed by atoms with E-state index in [1.54, 1.807) is 18.0 Å². The standard InChI is InChI=1S/C12H21N7S/c1-11(2)10-13-5-7-19-12(15-16-17-19)20-9-8-18-6-3-4-14-18/h3-4,6,11,13H,5,7-10H2,1-2H3. The highest BCUT2D eigenvalue weighted by Gasteiger charge is 2.06. The minimum atomic E-state index is 0.659. The minimum absolute atomic E-state index is 0.659. The van der Waals surface area contributed by atoms with Crippen molar-refractivity contribution in [2.45, 2.75) is 32.1 Å². The Labute approximate surface area is 123 Å². The summed E-state index contributed by atoms with van der Waals surface area (Å²) in [7, 11) is 0. The summed E-state index contributed by atoms with van der Waals surface area (Å²) < 4.78 is 3.76. The number of hydrogen-bond donors (Lipinski definition) is 1. The molecule has 0 spiro atoms. The topological polar surface area (TPSA) is 73.5 Å². The van der Waals surface area contributed by atoms with Gasteiger partial charge in [0.15, 0.2) is 0 Å². The van der Waals surface area contributed by atoms with Crippen molar-refractivity contribution in [1.29, 1.82) is 0 Å². The van der Waals surface area contributed by atoms with Gasteiger partial charge in [0.25, 0.3) is 0 Å². The van der Waals surface area contributed by atoms with Crippen LogP contribution in [0.4, 0.5) is 0 Å². The van der Waals surface area contributed by atoms with Gasteiger partial charge in [-0.15, -0.1) is 5.10 Å². The van der Waals surface area contributed by atoms with Crippen molar-refractivity contribution in [2.24, 2.45) is 5.92 Å². The predicted octanol–water partition coefficient (Wildman–Crippen LogP) is 0.907. The van der Waals surface area contributed by atoms with Gasteiger partial charge in [-0.3, -0.25) is 4.68 Å². The maximum Gasteiger partial charge on any atom is 0.209 e. The second-order valence-electron chi connectivity index (χ2n) is 4.90. The summed E-state index contributed by atoms with van der Waals surface area (Å²) in [5, 5.41) is 20.2.